The second-order valence-electron chi connectivity index (χ2n) is 5.30. The summed E-state index contributed by atoms with van der Waals surface area (Å²) in [6.07, 6.45) is 2.25. The van der Waals surface area contributed by atoms with E-state index < -0.39 is 10.1 Å². The fourth-order valence-electron chi connectivity index (χ4n) is 2.47. The molecule has 4 rings (SSSR count). The molecular weight excluding hydrogens is 278 g/mol. The number of piperidine rings is 3. The van der Waals surface area contributed by atoms with Crippen LogP contribution in [0.3, 0.4) is 0 Å². The Balaban J connectivity index is 0.000000149. The van der Waals surface area contributed by atoms with Crippen LogP contribution in [-0.4, -0.2) is 43.3 Å². The molecule has 6 heteroatoms. The van der Waals surface area contributed by atoms with Crippen LogP contribution in [0.25, 0.3) is 0 Å². The molecule has 2 bridgehead atoms. The van der Waals surface area contributed by atoms with E-state index >= 15 is 0 Å². The van der Waals surface area contributed by atoms with Gasteiger partial charge < -0.3 is 0 Å². The standard InChI is InChI=1S/C7H11NO.C7H8O3S/c9-7-5-8-3-1-6(7)2-4-8;1-6-2-4-7(5-3-6)11(8,9)10/h6H,1-5H2;2-5H,1H3,(H,8,9,10). The third kappa shape index (κ3) is 3.88. The van der Waals surface area contributed by atoms with Crippen molar-refractivity contribution in [2.45, 2.75) is 24.7 Å². The van der Waals surface area contributed by atoms with Crippen LogP contribution in [0.5, 0.6) is 0 Å². The first-order valence-corrected chi connectivity index (χ1v) is 8.09. The maximum absolute atomic E-state index is 11.0. The summed E-state index contributed by atoms with van der Waals surface area (Å²) in [6, 6.07) is 5.99. The van der Waals surface area contributed by atoms with Crippen LogP contribution in [0.1, 0.15) is 18.4 Å². The van der Waals surface area contributed by atoms with Gasteiger partial charge in [-0.25, -0.2) is 0 Å². The molecule has 1 N–H and O–H groups in total. The van der Waals surface area contributed by atoms with Crippen LogP contribution in [0.2, 0.25) is 0 Å². The quantitative estimate of drug-likeness (QED) is 0.796. The average molecular weight is 297 g/mol. The first-order chi connectivity index (χ1) is 9.36. The van der Waals surface area contributed by atoms with Crippen LogP contribution in [0.15, 0.2) is 29.2 Å². The minimum Gasteiger partial charge on any atom is -0.298 e. The number of rotatable bonds is 1. The van der Waals surface area contributed by atoms with Gasteiger partial charge in [0.15, 0.2) is 0 Å². The van der Waals surface area contributed by atoms with E-state index in [1.165, 1.54) is 12.1 Å². The molecule has 0 saturated carbocycles. The molecule has 20 heavy (non-hydrogen) atoms. The van der Waals surface area contributed by atoms with E-state index in [-0.39, 0.29) is 4.90 Å². The molecule has 0 amide bonds. The number of fused-ring (bicyclic) bond motifs is 3. The summed E-state index contributed by atoms with van der Waals surface area (Å²) >= 11 is 0. The summed E-state index contributed by atoms with van der Waals surface area (Å²) in [7, 11) is -4.02. The van der Waals surface area contributed by atoms with Crippen molar-refractivity contribution in [1.82, 2.24) is 4.90 Å². The van der Waals surface area contributed by atoms with Crippen molar-refractivity contribution in [1.29, 1.82) is 0 Å². The molecule has 3 fully saturated rings. The molecule has 3 saturated heterocycles. The van der Waals surface area contributed by atoms with Gasteiger partial charge in [-0.15, -0.1) is 0 Å². The Hall–Kier alpha value is -1.24. The second kappa shape index (κ2) is 6.03. The van der Waals surface area contributed by atoms with E-state index in [9.17, 15) is 13.2 Å². The fraction of sp³-hybridized carbons (Fsp3) is 0.500. The minimum absolute atomic E-state index is 0.0666. The van der Waals surface area contributed by atoms with E-state index in [1.807, 2.05) is 6.92 Å². The number of Topliss-reactive ketones (excluding diaryl/α,β-unsaturated/α-hetero) is 1. The summed E-state index contributed by atoms with van der Waals surface area (Å²) in [5.41, 5.74) is 0.956. The Morgan fingerprint density at radius 2 is 1.70 bits per heavy atom. The Morgan fingerprint density at radius 1 is 1.15 bits per heavy atom. The lowest BCUT2D eigenvalue weighted by Crippen LogP contribution is -2.47. The number of ketones is 1. The zero-order chi connectivity index (χ0) is 14.8. The minimum atomic E-state index is -4.02. The van der Waals surface area contributed by atoms with Crippen molar-refractivity contribution in [2.24, 2.45) is 5.92 Å². The summed E-state index contributed by atoms with van der Waals surface area (Å²) in [5, 5.41) is 0. The van der Waals surface area contributed by atoms with Gasteiger partial charge >= 0.3 is 0 Å². The third-order valence-corrected chi connectivity index (χ3v) is 4.61. The fourth-order valence-corrected chi connectivity index (χ4v) is 2.95. The molecule has 3 aliphatic heterocycles. The number of nitrogens with zero attached hydrogens (tertiary/aromatic N) is 1. The molecular formula is C14H19NO4S. The van der Waals surface area contributed by atoms with Crippen molar-refractivity contribution in [3.8, 4) is 0 Å². The van der Waals surface area contributed by atoms with Crippen molar-refractivity contribution in [3.05, 3.63) is 29.8 Å². The number of hydrogen-bond donors (Lipinski definition) is 1. The summed E-state index contributed by atoms with van der Waals surface area (Å²) in [6.45, 7) is 4.91. The monoisotopic (exact) mass is 297 g/mol. The van der Waals surface area contributed by atoms with Crippen LogP contribution < -0.4 is 0 Å². The molecule has 5 nitrogen and oxygen atoms in total. The average Bonchev–Trinajstić information content (AvgIpc) is 2.40. The first-order valence-electron chi connectivity index (χ1n) is 6.65. The first kappa shape index (κ1) is 15.2. The molecule has 0 aromatic heterocycles. The molecule has 0 spiro atoms. The highest BCUT2D eigenvalue weighted by Gasteiger charge is 2.31. The Morgan fingerprint density at radius 3 is 2.00 bits per heavy atom. The summed E-state index contributed by atoms with van der Waals surface area (Å²) < 4.78 is 29.6. The molecule has 0 aliphatic carbocycles. The number of aryl methyl sites for hydroxylation is 1. The molecule has 3 aliphatic rings. The molecule has 0 radical (unpaired) electrons. The highest BCUT2D eigenvalue weighted by molar-refractivity contribution is 7.85. The normalized spacial score (nSPS) is 25.0. The highest BCUT2D eigenvalue weighted by atomic mass is 32.2. The van der Waals surface area contributed by atoms with Gasteiger partial charge in [0.05, 0.1) is 11.4 Å². The van der Waals surface area contributed by atoms with E-state index in [0.29, 0.717) is 11.7 Å². The van der Waals surface area contributed by atoms with Crippen LogP contribution in [0, 0.1) is 12.8 Å². The number of carbonyl (C=O) groups excluding carboxylic acids is 1. The maximum atomic E-state index is 11.0. The highest BCUT2D eigenvalue weighted by Crippen LogP contribution is 2.23. The van der Waals surface area contributed by atoms with Crippen molar-refractivity contribution < 1.29 is 17.8 Å². The van der Waals surface area contributed by atoms with Crippen LogP contribution in [0.4, 0.5) is 0 Å². The van der Waals surface area contributed by atoms with Crippen molar-refractivity contribution >= 4 is 15.9 Å². The predicted octanol–water partition coefficient (Wildman–Crippen LogP) is 1.52. The third-order valence-electron chi connectivity index (χ3n) is 3.74. The van der Waals surface area contributed by atoms with Crippen LogP contribution in [-0.2, 0) is 14.9 Å². The van der Waals surface area contributed by atoms with Crippen molar-refractivity contribution in [2.75, 3.05) is 19.6 Å². The number of carbonyl (C=O) groups is 1. The number of benzene rings is 1. The molecule has 0 atom stereocenters. The molecule has 0 unspecified atom stereocenters. The van der Waals surface area contributed by atoms with Gasteiger partial charge in [-0.1, -0.05) is 17.7 Å². The zero-order valence-electron chi connectivity index (χ0n) is 11.4. The van der Waals surface area contributed by atoms with Crippen molar-refractivity contribution in [3.63, 3.8) is 0 Å². The zero-order valence-corrected chi connectivity index (χ0v) is 12.3. The molecule has 110 valence electrons. The van der Waals surface area contributed by atoms with Gasteiger partial charge in [0.2, 0.25) is 0 Å². The molecule has 1 aromatic carbocycles. The van der Waals surface area contributed by atoms with Gasteiger partial charge in [0, 0.05) is 5.92 Å². The van der Waals surface area contributed by atoms with Gasteiger partial charge in [-0.05, 0) is 45.0 Å². The second-order valence-corrected chi connectivity index (χ2v) is 6.73. The lowest BCUT2D eigenvalue weighted by molar-refractivity contribution is -0.130. The summed E-state index contributed by atoms with van der Waals surface area (Å²) in [5.74, 6) is 0.919. The topological polar surface area (TPSA) is 74.7 Å². The van der Waals surface area contributed by atoms with Crippen LogP contribution >= 0.6 is 0 Å². The Labute approximate surface area is 119 Å². The molecule has 1 aromatic rings. The van der Waals surface area contributed by atoms with E-state index in [1.54, 1.807) is 12.1 Å². The maximum Gasteiger partial charge on any atom is 0.294 e. The predicted molar refractivity (Wildman–Crippen MR) is 75.2 cm³/mol. The van der Waals surface area contributed by atoms with E-state index in [0.717, 1.165) is 38.0 Å². The van der Waals surface area contributed by atoms with Gasteiger partial charge in [0.1, 0.15) is 5.78 Å². The largest absolute Gasteiger partial charge is 0.298 e. The van der Waals surface area contributed by atoms with Gasteiger partial charge in [0.25, 0.3) is 10.1 Å². The van der Waals surface area contributed by atoms with E-state index in [4.69, 9.17) is 4.55 Å². The SMILES string of the molecule is Cc1ccc(S(=O)(=O)O)cc1.O=C1CN2CCC1CC2. The van der Waals surface area contributed by atoms with E-state index in [2.05, 4.69) is 4.90 Å². The number of hydrogen-bond acceptors (Lipinski definition) is 4. The lowest BCUT2D eigenvalue weighted by atomic mass is 9.87. The smallest absolute Gasteiger partial charge is 0.294 e. The summed E-state index contributed by atoms with van der Waals surface area (Å²) in [4.78, 5) is 13.2. The Kier molecular flexibility index (Phi) is 4.57. The van der Waals surface area contributed by atoms with Gasteiger partial charge in [-0.3, -0.25) is 14.2 Å². The Bertz CT molecular complexity index is 572. The van der Waals surface area contributed by atoms with Gasteiger partial charge in [-0.2, -0.15) is 8.42 Å². The molecule has 3 heterocycles. The lowest BCUT2D eigenvalue weighted by Gasteiger charge is -2.37.